The molecule has 1 aromatic carbocycles. The van der Waals surface area contributed by atoms with Crippen LogP contribution in [0.25, 0.3) is 0 Å². The first-order chi connectivity index (χ1) is 14.5. The summed E-state index contributed by atoms with van der Waals surface area (Å²) in [5.41, 5.74) is 0.980. The molecule has 0 saturated heterocycles. The average Bonchev–Trinajstić information content (AvgIpc) is 3.23. The smallest absolute Gasteiger partial charge is 0.242 e. The van der Waals surface area contributed by atoms with Crippen molar-refractivity contribution in [2.24, 2.45) is 11.8 Å². The summed E-state index contributed by atoms with van der Waals surface area (Å²) < 4.78 is 10.9. The number of thiophene rings is 1. The predicted molar refractivity (Wildman–Crippen MR) is 115 cm³/mol. The van der Waals surface area contributed by atoms with Gasteiger partial charge < -0.3 is 19.3 Å². The van der Waals surface area contributed by atoms with Crippen LogP contribution in [-0.2, 0) is 22.7 Å². The van der Waals surface area contributed by atoms with Gasteiger partial charge in [0.25, 0.3) is 0 Å². The van der Waals surface area contributed by atoms with Gasteiger partial charge in [0.15, 0.2) is 11.5 Å². The molecule has 30 heavy (non-hydrogen) atoms. The van der Waals surface area contributed by atoms with Gasteiger partial charge in [0, 0.05) is 23.9 Å². The van der Waals surface area contributed by atoms with Crippen LogP contribution in [-0.4, -0.2) is 41.5 Å². The van der Waals surface area contributed by atoms with E-state index in [1.54, 1.807) is 16.2 Å². The first-order valence-electron chi connectivity index (χ1n) is 10.5. The van der Waals surface area contributed by atoms with E-state index in [1.165, 1.54) is 0 Å². The molecule has 0 unspecified atom stereocenters. The monoisotopic (exact) mass is 428 g/mol. The fourth-order valence-corrected chi connectivity index (χ4v) is 4.33. The van der Waals surface area contributed by atoms with Crippen LogP contribution in [0.15, 0.2) is 35.7 Å². The third kappa shape index (κ3) is 5.14. The van der Waals surface area contributed by atoms with Gasteiger partial charge in [-0.2, -0.15) is 0 Å². The molecule has 6 nitrogen and oxygen atoms in total. The van der Waals surface area contributed by atoms with Crippen molar-refractivity contribution < 1.29 is 19.1 Å². The van der Waals surface area contributed by atoms with Crippen molar-refractivity contribution in [3.8, 4) is 11.5 Å². The van der Waals surface area contributed by atoms with E-state index < -0.39 is 0 Å². The molecule has 2 aliphatic rings. The van der Waals surface area contributed by atoms with Gasteiger partial charge >= 0.3 is 0 Å². The minimum atomic E-state index is -0.0317. The minimum Gasteiger partial charge on any atom is -0.454 e. The number of hydrogen-bond acceptors (Lipinski definition) is 5. The molecule has 0 N–H and O–H groups in total. The summed E-state index contributed by atoms with van der Waals surface area (Å²) in [7, 11) is 0. The standard InChI is InChI=1S/C23H28N2O4S/c1-16(2)11-25(23(27)18-6-7-18)14-22(26)24(13-19-4-3-9-30-19)12-17-5-8-20-21(10-17)29-15-28-20/h3-5,8-10,16,18H,6-7,11-15H2,1-2H3. The number of nitrogens with zero attached hydrogens (tertiary/aromatic N) is 2. The molecule has 2 amide bonds. The third-order valence-corrected chi connectivity index (χ3v) is 6.10. The highest BCUT2D eigenvalue weighted by atomic mass is 32.1. The lowest BCUT2D eigenvalue weighted by molar-refractivity contribution is -0.142. The van der Waals surface area contributed by atoms with E-state index in [4.69, 9.17) is 9.47 Å². The second-order valence-electron chi connectivity index (χ2n) is 8.40. The van der Waals surface area contributed by atoms with E-state index in [0.29, 0.717) is 31.3 Å². The summed E-state index contributed by atoms with van der Waals surface area (Å²) in [6.45, 7) is 6.10. The van der Waals surface area contributed by atoms with Crippen molar-refractivity contribution in [2.75, 3.05) is 19.9 Å². The van der Waals surface area contributed by atoms with Crippen LogP contribution >= 0.6 is 11.3 Å². The van der Waals surface area contributed by atoms with Gasteiger partial charge in [-0.05, 0) is 47.9 Å². The van der Waals surface area contributed by atoms with Crippen LogP contribution in [0.5, 0.6) is 11.5 Å². The summed E-state index contributed by atoms with van der Waals surface area (Å²) in [5.74, 6) is 1.96. The van der Waals surface area contributed by atoms with E-state index in [9.17, 15) is 9.59 Å². The Balaban J connectivity index is 1.50. The summed E-state index contributed by atoms with van der Waals surface area (Å²) in [4.78, 5) is 30.8. The van der Waals surface area contributed by atoms with Crippen LogP contribution in [0, 0.1) is 11.8 Å². The van der Waals surface area contributed by atoms with Crippen molar-refractivity contribution in [1.82, 2.24) is 9.80 Å². The van der Waals surface area contributed by atoms with E-state index in [0.717, 1.165) is 29.0 Å². The van der Waals surface area contributed by atoms with Crippen molar-refractivity contribution in [2.45, 2.75) is 39.8 Å². The molecule has 0 atom stereocenters. The zero-order valence-corrected chi connectivity index (χ0v) is 18.3. The molecule has 0 spiro atoms. The van der Waals surface area contributed by atoms with Gasteiger partial charge in [-0.1, -0.05) is 26.0 Å². The summed E-state index contributed by atoms with van der Waals surface area (Å²) in [6, 6.07) is 9.80. The number of fused-ring (bicyclic) bond motifs is 1. The van der Waals surface area contributed by atoms with Gasteiger partial charge in [0.1, 0.15) is 0 Å². The van der Waals surface area contributed by atoms with Gasteiger partial charge in [-0.25, -0.2) is 0 Å². The Bertz CT molecular complexity index is 893. The first-order valence-corrected chi connectivity index (χ1v) is 11.3. The number of hydrogen-bond donors (Lipinski definition) is 0. The summed E-state index contributed by atoms with van der Waals surface area (Å²) in [6.07, 6.45) is 1.88. The lowest BCUT2D eigenvalue weighted by Gasteiger charge is -2.29. The van der Waals surface area contributed by atoms with Gasteiger partial charge in [-0.3, -0.25) is 9.59 Å². The molecule has 1 aliphatic carbocycles. The number of carbonyl (C=O) groups is 2. The van der Waals surface area contributed by atoms with Crippen LogP contribution in [0.4, 0.5) is 0 Å². The Hall–Kier alpha value is -2.54. The molecule has 1 saturated carbocycles. The van der Waals surface area contributed by atoms with Gasteiger partial charge in [0.2, 0.25) is 18.6 Å². The largest absolute Gasteiger partial charge is 0.454 e. The normalized spacial score (nSPS) is 14.8. The SMILES string of the molecule is CC(C)CN(CC(=O)N(Cc1ccc2c(c1)OCO2)Cc1cccs1)C(=O)C1CC1. The lowest BCUT2D eigenvalue weighted by atomic mass is 10.1. The number of rotatable bonds is 9. The van der Waals surface area contributed by atoms with Crippen LogP contribution in [0.3, 0.4) is 0 Å². The molecule has 4 rings (SSSR count). The predicted octanol–water partition coefficient (Wildman–Crippen LogP) is 3.90. The molecular formula is C23H28N2O4S. The molecule has 1 aromatic heterocycles. The van der Waals surface area contributed by atoms with Crippen LogP contribution < -0.4 is 9.47 Å². The highest BCUT2D eigenvalue weighted by Crippen LogP contribution is 2.33. The Morgan fingerprint density at radius 1 is 1.10 bits per heavy atom. The molecule has 160 valence electrons. The first kappa shape index (κ1) is 20.7. The second kappa shape index (κ2) is 9.08. The molecule has 1 fully saturated rings. The number of ether oxygens (including phenoxy) is 2. The molecule has 7 heteroatoms. The maximum absolute atomic E-state index is 13.3. The molecule has 2 heterocycles. The van der Waals surface area contributed by atoms with Crippen molar-refractivity contribution in [1.29, 1.82) is 0 Å². The highest BCUT2D eigenvalue weighted by molar-refractivity contribution is 7.09. The Kier molecular flexibility index (Phi) is 6.27. The lowest BCUT2D eigenvalue weighted by Crippen LogP contribution is -2.44. The highest BCUT2D eigenvalue weighted by Gasteiger charge is 2.35. The van der Waals surface area contributed by atoms with E-state index in [-0.39, 0.29) is 31.1 Å². The number of amides is 2. The second-order valence-corrected chi connectivity index (χ2v) is 9.44. The van der Waals surface area contributed by atoms with Crippen molar-refractivity contribution >= 4 is 23.2 Å². The van der Waals surface area contributed by atoms with Crippen molar-refractivity contribution in [3.63, 3.8) is 0 Å². The maximum atomic E-state index is 13.3. The number of benzene rings is 1. The van der Waals surface area contributed by atoms with E-state index in [1.807, 2.05) is 40.6 Å². The quantitative estimate of drug-likeness (QED) is 0.608. The molecular weight excluding hydrogens is 400 g/mol. The van der Waals surface area contributed by atoms with E-state index in [2.05, 4.69) is 13.8 Å². The molecule has 0 radical (unpaired) electrons. The van der Waals surface area contributed by atoms with E-state index >= 15 is 0 Å². The summed E-state index contributed by atoms with van der Waals surface area (Å²) in [5, 5.41) is 2.01. The maximum Gasteiger partial charge on any atom is 0.242 e. The molecule has 0 bridgehead atoms. The fourth-order valence-electron chi connectivity index (χ4n) is 3.61. The fraction of sp³-hybridized carbons (Fsp3) is 0.478. The van der Waals surface area contributed by atoms with Crippen LogP contribution in [0.1, 0.15) is 37.1 Å². The van der Waals surface area contributed by atoms with Gasteiger partial charge in [-0.15, -0.1) is 11.3 Å². The Morgan fingerprint density at radius 3 is 2.60 bits per heavy atom. The average molecular weight is 429 g/mol. The molecule has 2 aromatic rings. The number of carbonyl (C=O) groups excluding carboxylic acids is 2. The van der Waals surface area contributed by atoms with Crippen molar-refractivity contribution in [3.05, 3.63) is 46.2 Å². The summed E-state index contributed by atoms with van der Waals surface area (Å²) >= 11 is 1.63. The minimum absolute atomic E-state index is 0.0317. The van der Waals surface area contributed by atoms with Gasteiger partial charge in [0.05, 0.1) is 13.1 Å². The topological polar surface area (TPSA) is 59.1 Å². The third-order valence-electron chi connectivity index (χ3n) is 5.24. The zero-order chi connectivity index (χ0) is 21.1. The zero-order valence-electron chi connectivity index (χ0n) is 17.5. The Morgan fingerprint density at radius 2 is 1.90 bits per heavy atom. The van der Waals surface area contributed by atoms with Crippen LogP contribution in [0.2, 0.25) is 0 Å². The molecule has 1 aliphatic heterocycles. The Labute approximate surface area is 181 Å².